The van der Waals surface area contributed by atoms with Crippen molar-refractivity contribution in [1.29, 1.82) is 0 Å². The molecule has 3 aromatic rings. The fourth-order valence-corrected chi connectivity index (χ4v) is 5.44. The average molecular weight is 447 g/mol. The first-order valence-electron chi connectivity index (χ1n) is 10.5. The zero-order valence-electron chi connectivity index (χ0n) is 17.7. The second-order valence-electron chi connectivity index (χ2n) is 8.21. The molecular weight excluding hydrogens is 424 g/mol. The van der Waals surface area contributed by atoms with Gasteiger partial charge in [-0.05, 0) is 66.2 Å². The highest BCUT2D eigenvalue weighted by Crippen LogP contribution is 2.43. The summed E-state index contributed by atoms with van der Waals surface area (Å²) >= 11 is 1.47. The minimum atomic E-state index is -0.672. The van der Waals surface area contributed by atoms with Crippen LogP contribution in [-0.2, 0) is 22.6 Å². The molecule has 0 spiro atoms. The number of benzene rings is 1. The van der Waals surface area contributed by atoms with Crippen molar-refractivity contribution in [3.63, 3.8) is 0 Å². The predicted octanol–water partition coefficient (Wildman–Crippen LogP) is 4.40. The van der Waals surface area contributed by atoms with Gasteiger partial charge in [0.05, 0.1) is 5.57 Å². The van der Waals surface area contributed by atoms with Crippen molar-refractivity contribution in [2.45, 2.75) is 39.0 Å². The van der Waals surface area contributed by atoms with Gasteiger partial charge in [0.2, 0.25) is 0 Å². The van der Waals surface area contributed by atoms with Gasteiger partial charge in [0, 0.05) is 35.8 Å². The minimum absolute atomic E-state index is 0.0706. The summed E-state index contributed by atoms with van der Waals surface area (Å²) in [5, 5.41) is 13.2. The number of aryl methyl sites for hydroxylation is 1. The van der Waals surface area contributed by atoms with Gasteiger partial charge in [0.15, 0.2) is 0 Å². The number of pyridine rings is 1. The highest BCUT2D eigenvalue weighted by atomic mass is 32.1. The maximum absolute atomic E-state index is 13.2. The molecule has 2 unspecified atom stereocenters. The Bertz CT molecular complexity index is 1250. The topological polar surface area (TPSA) is 79.7 Å². The van der Waals surface area contributed by atoms with Gasteiger partial charge in [-0.3, -0.25) is 14.6 Å². The Morgan fingerprint density at radius 3 is 2.84 bits per heavy atom. The first-order valence-corrected chi connectivity index (χ1v) is 11.3. The number of ether oxygens (including phenoxy) is 1. The summed E-state index contributed by atoms with van der Waals surface area (Å²) < 4.78 is 5.75. The normalized spacial score (nSPS) is 21.6. The van der Waals surface area contributed by atoms with Crippen LogP contribution in [0.4, 0.5) is 0 Å². The summed E-state index contributed by atoms with van der Waals surface area (Å²) in [5.74, 6) is -0.658. The second-order valence-corrected chi connectivity index (χ2v) is 9.16. The van der Waals surface area contributed by atoms with E-state index in [0.717, 1.165) is 33.7 Å². The monoisotopic (exact) mass is 446 g/mol. The molecule has 162 valence electrons. The number of fused-ring (bicyclic) bond motifs is 1. The lowest BCUT2D eigenvalue weighted by Crippen LogP contribution is -2.29. The molecule has 0 radical (unpaired) electrons. The fourth-order valence-electron chi connectivity index (χ4n) is 4.39. The maximum Gasteiger partial charge on any atom is 0.295 e. The Morgan fingerprint density at radius 2 is 2.12 bits per heavy atom. The summed E-state index contributed by atoms with van der Waals surface area (Å²) in [6.07, 6.45) is 4.15. The summed E-state index contributed by atoms with van der Waals surface area (Å²) in [6.45, 7) is 4.17. The van der Waals surface area contributed by atoms with Crippen molar-refractivity contribution in [2.75, 3.05) is 0 Å². The highest BCUT2D eigenvalue weighted by Gasteiger charge is 2.47. The number of nitrogens with zero attached hydrogens (tertiary/aromatic N) is 2. The van der Waals surface area contributed by atoms with Crippen molar-refractivity contribution in [2.24, 2.45) is 0 Å². The van der Waals surface area contributed by atoms with Crippen LogP contribution in [0.2, 0.25) is 0 Å². The smallest absolute Gasteiger partial charge is 0.295 e. The number of ketones is 1. The standard InChI is InChI=1S/C25H22N2O4S/c1-14-7-9-32-24(14)21-20(22(28)17-5-6-19-18(11-17)10-15(2)31-19)23(29)25(30)27(21)13-16-4-3-8-26-12-16/h3-9,11-12,15,21,28H,10,13H2,1-2H3/b22-20-. The van der Waals surface area contributed by atoms with E-state index in [1.54, 1.807) is 24.5 Å². The molecule has 2 aliphatic rings. The molecular formula is C25H22N2O4S. The third kappa shape index (κ3) is 3.39. The maximum atomic E-state index is 13.2. The average Bonchev–Trinajstić information content (AvgIpc) is 3.44. The van der Waals surface area contributed by atoms with Crippen LogP contribution in [0.25, 0.3) is 5.76 Å². The number of likely N-dealkylation sites (tertiary alicyclic amines) is 1. The van der Waals surface area contributed by atoms with Crippen molar-refractivity contribution in [3.05, 3.63) is 86.9 Å². The van der Waals surface area contributed by atoms with Crippen LogP contribution >= 0.6 is 11.3 Å². The van der Waals surface area contributed by atoms with Crippen LogP contribution < -0.4 is 4.74 Å². The lowest BCUT2D eigenvalue weighted by molar-refractivity contribution is -0.140. The summed E-state index contributed by atoms with van der Waals surface area (Å²) in [4.78, 5) is 32.8. The second kappa shape index (κ2) is 7.91. The summed E-state index contributed by atoms with van der Waals surface area (Å²) in [7, 11) is 0. The van der Waals surface area contributed by atoms with E-state index >= 15 is 0 Å². The largest absolute Gasteiger partial charge is 0.507 e. The van der Waals surface area contributed by atoms with Gasteiger partial charge < -0.3 is 14.7 Å². The summed E-state index contributed by atoms with van der Waals surface area (Å²) in [5.41, 5.74) is 3.41. The van der Waals surface area contributed by atoms with E-state index in [4.69, 9.17) is 4.74 Å². The van der Waals surface area contributed by atoms with Gasteiger partial charge in [-0.25, -0.2) is 0 Å². The Morgan fingerprint density at radius 1 is 1.28 bits per heavy atom. The molecule has 1 fully saturated rings. The molecule has 32 heavy (non-hydrogen) atoms. The Kier molecular flexibility index (Phi) is 5.06. The van der Waals surface area contributed by atoms with Gasteiger partial charge >= 0.3 is 0 Å². The van der Waals surface area contributed by atoms with E-state index in [0.29, 0.717) is 5.56 Å². The molecule has 5 rings (SSSR count). The van der Waals surface area contributed by atoms with Gasteiger partial charge in [-0.15, -0.1) is 11.3 Å². The molecule has 1 amide bonds. The number of carbonyl (C=O) groups excluding carboxylic acids is 2. The van der Waals surface area contributed by atoms with E-state index in [1.165, 1.54) is 16.2 Å². The molecule has 1 saturated heterocycles. The van der Waals surface area contributed by atoms with Crippen LogP contribution in [0.15, 0.2) is 59.7 Å². The van der Waals surface area contributed by atoms with Crippen LogP contribution in [0.5, 0.6) is 5.75 Å². The van der Waals surface area contributed by atoms with Crippen LogP contribution in [0.3, 0.4) is 0 Å². The SMILES string of the molecule is Cc1ccsc1C1/C(=C(/O)c2ccc3c(c2)CC(C)O3)C(=O)C(=O)N1Cc1cccnc1. The minimum Gasteiger partial charge on any atom is -0.507 e. The number of hydrogen-bond acceptors (Lipinski definition) is 6. The van der Waals surface area contributed by atoms with Crippen molar-refractivity contribution in [3.8, 4) is 5.75 Å². The van der Waals surface area contributed by atoms with E-state index in [-0.39, 0.29) is 24.0 Å². The zero-order chi connectivity index (χ0) is 22.4. The molecule has 7 heteroatoms. The van der Waals surface area contributed by atoms with Crippen LogP contribution in [0.1, 0.15) is 40.1 Å². The molecule has 2 aromatic heterocycles. The van der Waals surface area contributed by atoms with Gasteiger partial charge in [-0.2, -0.15) is 0 Å². The number of aromatic nitrogens is 1. The van der Waals surface area contributed by atoms with Crippen molar-refractivity contribution >= 4 is 28.8 Å². The van der Waals surface area contributed by atoms with Crippen molar-refractivity contribution in [1.82, 2.24) is 9.88 Å². The predicted molar refractivity (Wildman–Crippen MR) is 121 cm³/mol. The zero-order valence-corrected chi connectivity index (χ0v) is 18.6. The molecule has 0 saturated carbocycles. The molecule has 0 aliphatic carbocycles. The molecule has 2 atom stereocenters. The fraction of sp³-hybridized carbons (Fsp3) is 0.240. The third-order valence-corrected chi connectivity index (χ3v) is 7.01. The highest BCUT2D eigenvalue weighted by molar-refractivity contribution is 7.10. The first-order chi connectivity index (χ1) is 15.4. The molecule has 6 nitrogen and oxygen atoms in total. The molecule has 4 heterocycles. The lowest BCUT2D eigenvalue weighted by atomic mass is 9.97. The van der Waals surface area contributed by atoms with Gasteiger partial charge in [-0.1, -0.05) is 6.07 Å². The van der Waals surface area contributed by atoms with E-state index in [9.17, 15) is 14.7 Å². The number of rotatable bonds is 4. The van der Waals surface area contributed by atoms with E-state index in [2.05, 4.69) is 4.98 Å². The number of amides is 1. The number of Topliss-reactive ketones (excluding diaryl/α,β-unsaturated/α-hetero) is 1. The Hall–Kier alpha value is -3.45. The number of aliphatic hydroxyl groups is 1. The van der Waals surface area contributed by atoms with E-state index in [1.807, 2.05) is 43.5 Å². The van der Waals surface area contributed by atoms with Gasteiger partial charge in [0.1, 0.15) is 23.7 Å². The molecule has 0 bridgehead atoms. The quantitative estimate of drug-likeness (QED) is 0.365. The van der Waals surface area contributed by atoms with Crippen molar-refractivity contribution < 1.29 is 19.4 Å². The number of thiophene rings is 1. The van der Waals surface area contributed by atoms with Gasteiger partial charge in [0.25, 0.3) is 11.7 Å². The third-order valence-electron chi connectivity index (χ3n) is 5.94. The van der Waals surface area contributed by atoms with Crippen LogP contribution in [0, 0.1) is 6.92 Å². The first kappa shape index (κ1) is 20.5. The number of carbonyl (C=O) groups is 2. The lowest BCUT2D eigenvalue weighted by Gasteiger charge is -2.25. The van der Waals surface area contributed by atoms with Crippen LogP contribution in [-0.4, -0.2) is 32.8 Å². The molecule has 1 aromatic carbocycles. The molecule has 1 N–H and O–H groups in total. The summed E-state index contributed by atoms with van der Waals surface area (Å²) in [6, 6.07) is 10.4. The molecule has 2 aliphatic heterocycles. The number of aliphatic hydroxyl groups excluding tert-OH is 1. The van der Waals surface area contributed by atoms with E-state index < -0.39 is 17.7 Å². The number of hydrogen-bond donors (Lipinski definition) is 1. The Balaban J connectivity index is 1.63. The Labute approximate surface area is 189 Å².